The van der Waals surface area contributed by atoms with E-state index in [1.54, 1.807) is 31.2 Å². The second-order valence-corrected chi connectivity index (χ2v) is 5.08. The lowest BCUT2D eigenvalue weighted by Crippen LogP contribution is -2.30. The van der Waals surface area contributed by atoms with Gasteiger partial charge in [0.05, 0.1) is 19.3 Å². The van der Waals surface area contributed by atoms with Crippen molar-refractivity contribution >= 4 is 17.3 Å². The zero-order valence-corrected chi connectivity index (χ0v) is 12.9. The van der Waals surface area contributed by atoms with Crippen molar-refractivity contribution in [2.24, 2.45) is 0 Å². The molecule has 0 unspecified atom stereocenters. The van der Waals surface area contributed by atoms with Crippen molar-refractivity contribution < 1.29 is 13.9 Å². The Balaban J connectivity index is 2.03. The van der Waals surface area contributed by atoms with E-state index in [0.29, 0.717) is 11.4 Å². The Kier molecular flexibility index (Phi) is 4.99. The van der Waals surface area contributed by atoms with Gasteiger partial charge in [0.25, 0.3) is 0 Å². The van der Waals surface area contributed by atoms with Gasteiger partial charge in [-0.05, 0) is 48.9 Å². The van der Waals surface area contributed by atoms with Crippen LogP contribution < -0.4 is 15.0 Å². The molecule has 0 fully saturated rings. The Morgan fingerprint density at radius 1 is 1.23 bits per heavy atom. The van der Waals surface area contributed by atoms with E-state index in [9.17, 15) is 9.18 Å². The standard InChI is InChI=1S/C17H19FN2O2/c1-12-4-9-16(22-3)15(10-12)19-17(21)11-20(2)14-7-5-13(18)6-8-14/h4-10H,11H2,1-3H3,(H,19,21). The van der Waals surface area contributed by atoms with Crippen LogP contribution in [0.2, 0.25) is 0 Å². The summed E-state index contributed by atoms with van der Waals surface area (Å²) >= 11 is 0. The maximum atomic E-state index is 12.9. The Morgan fingerprint density at radius 3 is 2.55 bits per heavy atom. The molecule has 0 heterocycles. The molecular formula is C17H19FN2O2. The van der Waals surface area contributed by atoms with Crippen molar-refractivity contribution in [1.82, 2.24) is 0 Å². The molecule has 0 radical (unpaired) electrons. The first-order valence-electron chi connectivity index (χ1n) is 6.91. The highest BCUT2D eigenvalue weighted by Gasteiger charge is 2.11. The summed E-state index contributed by atoms with van der Waals surface area (Å²) in [5.41, 5.74) is 2.44. The third kappa shape index (κ3) is 3.97. The number of benzene rings is 2. The molecule has 22 heavy (non-hydrogen) atoms. The van der Waals surface area contributed by atoms with E-state index in [-0.39, 0.29) is 18.3 Å². The summed E-state index contributed by atoms with van der Waals surface area (Å²) in [6.07, 6.45) is 0. The molecule has 0 spiro atoms. The predicted molar refractivity (Wildman–Crippen MR) is 86.0 cm³/mol. The van der Waals surface area contributed by atoms with Crippen molar-refractivity contribution in [3.05, 3.63) is 53.8 Å². The number of hydrogen-bond acceptors (Lipinski definition) is 3. The number of likely N-dealkylation sites (N-methyl/N-ethyl adjacent to an activating group) is 1. The molecule has 4 nitrogen and oxygen atoms in total. The smallest absolute Gasteiger partial charge is 0.243 e. The molecule has 0 atom stereocenters. The van der Waals surface area contributed by atoms with Crippen LogP contribution in [0.3, 0.4) is 0 Å². The van der Waals surface area contributed by atoms with Gasteiger partial charge in [0.1, 0.15) is 11.6 Å². The van der Waals surface area contributed by atoms with E-state index < -0.39 is 0 Å². The zero-order chi connectivity index (χ0) is 16.1. The summed E-state index contributed by atoms with van der Waals surface area (Å²) in [5.74, 6) is 0.144. The average molecular weight is 302 g/mol. The van der Waals surface area contributed by atoms with Crippen molar-refractivity contribution in [3.63, 3.8) is 0 Å². The molecule has 5 heteroatoms. The van der Waals surface area contributed by atoms with Crippen molar-refractivity contribution in [2.75, 3.05) is 30.9 Å². The number of nitrogens with one attached hydrogen (secondary N) is 1. The highest BCUT2D eigenvalue weighted by Crippen LogP contribution is 2.25. The molecule has 0 bridgehead atoms. The van der Waals surface area contributed by atoms with Crippen LogP contribution >= 0.6 is 0 Å². The number of carbonyl (C=O) groups excluding carboxylic acids is 1. The van der Waals surface area contributed by atoms with Crippen LogP contribution in [0.15, 0.2) is 42.5 Å². The number of aryl methyl sites for hydroxylation is 1. The fourth-order valence-corrected chi connectivity index (χ4v) is 2.11. The first kappa shape index (κ1) is 15.8. The summed E-state index contributed by atoms with van der Waals surface area (Å²) < 4.78 is 18.1. The second-order valence-electron chi connectivity index (χ2n) is 5.08. The Morgan fingerprint density at radius 2 is 1.91 bits per heavy atom. The Hall–Kier alpha value is -2.56. The normalized spacial score (nSPS) is 10.2. The van der Waals surface area contributed by atoms with E-state index >= 15 is 0 Å². The number of methoxy groups -OCH3 is 1. The van der Waals surface area contributed by atoms with E-state index in [1.807, 2.05) is 25.1 Å². The monoisotopic (exact) mass is 302 g/mol. The quantitative estimate of drug-likeness (QED) is 0.922. The fourth-order valence-electron chi connectivity index (χ4n) is 2.11. The largest absolute Gasteiger partial charge is 0.495 e. The van der Waals surface area contributed by atoms with Gasteiger partial charge in [-0.1, -0.05) is 6.07 Å². The summed E-state index contributed by atoms with van der Waals surface area (Å²) in [6, 6.07) is 11.6. The van der Waals surface area contributed by atoms with E-state index in [2.05, 4.69) is 5.32 Å². The van der Waals surface area contributed by atoms with Gasteiger partial charge in [0, 0.05) is 12.7 Å². The number of carbonyl (C=O) groups is 1. The number of amides is 1. The lowest BCUT2D eigenvalue weighted by Gasteiger charge is -2.19. The van der Waals surface area contributed by atoms with Crippen LogP contribution in [0, 0.1) is 12.7 Å². The van der Waals surface area contributed by atoms with Gasteiger partial charge in [-0.15, -0.1) is 0 Å². The van der Waals surface area contributed by atoms with Gasteiger partial charge in [-0.2, -0.15) is 0 Å². The lowest BCUT2D eigenvalue weighted by atomic mass is 10.2. The molecule has 0 saturated carbocycles. The van der Waals surface area contributed by atoms with Gasteiger partial charge in [-0.25, -0.2) is 4.39 Å². The number of anilines is 2. The molecule has 0 aliphatic heterocycles. The van der Waals surface area contributed by atoms with Crippen LogP contribution in [0.4, 0.5) is 15.8 Å². The molecule has 2 aromatic rings. The lowest BCUT2D eigenvalue weighted by molar-refractivity contribution is -0.114. The van der Waals surface area contributed by atoms with Crippen LogP contribution in [0.25, 0.3) is 0 Å². The second kappa shape index (κ2) is 6.93. The molecule has 0 aliphatic rings. The van der Waals surface area contributed by atoms with Gasteiger partial charge >= 0.3 is 0 Å². The minimum absolute atomic E-state index is 0.155. The van der Waals surface area contributed by atoms with E-state index in [0.717, 1.165) is 11.3 Å². The molecular weight excluding hydrogens is 283 g/mol. The predicted octanol–water partition coefficient (Wildman–Crippen LogP) is 3.22. The summed E-state index contributed by atoms with van der Waals surface area (Å²) in [6.45, 7) is 2.10. The molecule has 1 amide bonds. The van der Waals surface area contributed by atoms with E-state index in [4.69, 9.17) is 4.74 Å². The SMILES string of the molecule is COc1ccc(C)cc1NC(=O)CN(C)c1ccc(F)cc1. The minimum Gasteiger partial charge on any atom is -0.495 e. The first-order chi connectivity index (χ1) is 10.5. The fraction of sp³-hybridized carbons (Fsp3) is 0.235. The summed E-state index contributed by atoms with van der Waals surface area (Å²) in [4.78, 5) is 13.9. The number of ether oxygens (including phenoxy) is 1. The van der Waals surface area contributed by atoms with Crippen LogP contribution in [-0.2, 0) is 4.79 Å². The molecule has 116 valence electrons. The molecule has 2 rings (SSSR count). The molecule has 0 aromatic heterocycles. The van der Waals surface area contributed by atoms with Crippen molar-refractivity contribution in [3.8, 4) is 5.75 Å². The van der Waals surface area contributed by atoms with Gasteiger partial charge in [0.2, 0.25) is 5.91 Å². The van der Waals surface area contributed by atoms with Crippen molar-refractivity contribution in [2.45, 2.75) is 6.92 Å². The molecule has 0 aliphatic carbocycles. The van der Waals surface area contributed by atoms with Crippen LogP contribution in [-0.4, -0.2) is 26.6 Å². The Labute approximate surface area is 129 Å². The maximum absolute atomic E-state index is 12.9. The third-order valence-electron chi connectivity index (χ3n) is 3.28. The van der Waals surface area contributed by atoms with Crippen LogP contribution in [0.5, 0.6) is 5.75 Å². The van der Waals surface area contributed by atoms with Gasteiger partial charge in [0.15, 0.2) is 0 Å². The minimum atomic E-state index is -0.300. The molecule has 0 saturated heterocycles. The maximum Gasteiger partial charge on any atom is 0.243 e. The van der Waals surface area contributed by atoms with Gasteiger partial charge < -0.3 is 15.0 Å². The Bertz CT molecular complexity index is 656. The van der Waals surface area contributed by atoms with Crippen molar-refractivity contribution in [1.29, 1.82) is 0 Å². The third-order valence-corrected chi connectivity index (χ3v) is 3.28. The number of nitrogens with zero attached hydrogens (tertiary/aromatic N) is 1. The summed E-state index contributed by atoms with van der Waals surface area (Å²) in [5, 5.41) is 2.83. The first-order valence-corrected chi connectivity index (χ1v) is 6.91. The van der Waals surface area contributed by atoms with Crippen LogP contribution in [0.1, 0.15) is 5.56 Å². The molecule has 2 aromatic carbocycles. The number of hydrogen-bond donors (Lipinski definition) is 1. The average Bonchev–Trinajstić information content (AvgIpc) is 2.48. The number of rotatable bonds is 5. The summed E-state index contributed by atoms with van der Waals surface area (Å²) in [7, 11) is 3.34. The highest BCUT2D eigenvalue weighted by molar-refractivity contribution is 5.95. The highest BCUT2D eigenvalue weighted by atomic mass is 19.1. The number of halogens is 1. The van der Waals surface area contributed by atoms with E-state index in [1.165, 1.54) is 12.1 Å². The molecule has 1 N–H and O–H groups in total. The zero-order valence-electron chi connectivity index (χ0n) is 12.9. The topological polar surface area (TPSA) is 41.6 Å². The van der Waals surface area contributed by atoms with Gasteiger partial charge in [-0.3, -0.25) is 4.79 Å².